The van der Waals surface area contributed by atoms with Crippen molar-refractivity contribution in [3.8, 4) is 34.5 Å². The van der Waals surface area contributed by atoms with Crippen LogP contribution in [0.1, 0.15) is 13.8 Å². The zero-order valence-corrected chi connectivity index (χ0v) is 37.5. The molecule has 7 heteroatoms. The van der Waals surface area contributed by atoms with Gasteiger partial charge in [0.25, 0.3) is 0 Å². The largest absolute Gasteiger partial charge is 0.309 e. The van der Waals surface area contributed by atoms with Crippen LogP contribution in [0.3, 0.4) is 0 Å². The first-order chi connectivity index (χ1) is 33.7. The number of hydrogen-bond donors (Lipinski definition) is 0. The lowest BCUT2D eigenvalue weighted by Crippen LogP contribution is -2.06. The molecule has 0 saturated heterocycles. The molecule has 0 N–H and O–H groups in total. The van der Waals surface area contributed by atoms with E-state index in [9.17, 15) is 0 Å². The molecule has 0 unspecified atom stereocenters. The summed E-state index contributed by atoms with van der Waals surface area (Å²) < 4.78 is 9.33. The van der Waals surface area contributed by atoms with E-state index < -0.39 is 0 Å². The molecule has 0 fully saturated rings. The van der Waals surface area contributed by atoms with Crippen molar-refractivity contribution in [2.75, 3.05) is 0 Å². The fourth-order valence-electron chi connectivity index (χ4n) is 10.4. The second-order valence-corrected chi connectivity index (χ2v) is 17.1. The lowest BCUT2D eigenvalue weighted by atomic mass is 10.1. The van der Waals surface area contributed by atoms with Crippen LogP contribution < -0.4 is 0 Å². The van der Waals surface area contributed by atoms with E-state index in [4.69, 9.17) is 15.0 Å². The van der Waals surface area contributed by atoms with Crippen molar-refractivity contribution >= 4 is 87.2 Å². The van der Waals surface area contributed by atoms with Gasteiger partial charge in [0.2, 0.25) is 0 Å². The van der Waals surface area contributed by atoms with Gasteiger partial charge >= 0.3 is 0 Å². The number of pyridine rings is 1. The molecule has 6 heterocycles. The average molecular weight is 874 g/mol. The molecular weight excluding hydrogens is 831 g/mol. The summed E-state index contributed by atoms with van der Waals surface area (Å²) in [4.78, 5) is 15.5. The molecule has 7 nitrogen and oxygen atoms in total. The molecule has 0 aliphatic carbocycles. The number of rotatable bonds is 5. The van der Waals surface area contributed by atoms with Crippen LogP contribution in [0.5, 0.6) is 0 Å². The number of aromatic nitrogens is 7. The summed E-state index contributed by atoms with van der Waals surface area (Å²) in [7, 11) is 0. The van der Waals surface area contributed by atoms with Gasteiger partial charge in [0.15, 0.2) is 5.82 Å². The second kappa shape index (κ2) is 15.8. The number of fused-ring (bicyclic) bond motifs is 12. The predicted octanol–water partition coefficient (Wildman–Crippen LogP) is 15.5. The maximum atomic E-state index is 5.34. The van der Waals surface area contributed by atoms with E-state index in [0.29, 0.717) is 11.5 Å². The lowest BCUT2D eigenvalue weighted by Gasteiger charge is -2.14. The van der Waals surface area contributed by atoms with Gasteiger partial charge in [0.1, 0.15) is 17.3 Å². The minimum atomic E-state index is 0.550. The molecule has 0 atom stereocenters. The maximum absolute atomic E-state index is 5.34. The van der Waals surface area contributed by atoms with Gasteiger partial charge in [-0.25, -0.2) is 9.97 Å². The number of para-hydroxylation sites is 6. The Morgan fingerprint density at radius 2 is 0.632 bits per heavy atom. The first-order valence-electron chi connectivity index (χ1n) is 23.1. The summed E-state index contributed by atoms with van der Waals surface area (Å²) in [6, 6.07) is 73.6. The first kappa shape index (κ1) is 39.3. The summed E-state index contributed by atoms with van der Waals surface area (Å²) in [6.45, 7) is 4.00. The van der Waals surface area contributed by atoms with E-state index in [1.165, 1.54) is 43.6 Å². The third-order valence-corrected chi connectivity index (χ3v) is 13.4. The smallest absolute Gasteiger partial charge is 0.182 e. The molecule has 68 heavy (non-hydrogen) atoms. The third kappa shape index (κ3) is 6.02. The van der Waals surface area contributed by atoms with Gasteiger partial charge in [-0.1, -0.05) is 127 Å². The van der Waals surface area contributed by atoms with Crippen molar-refractivity contribution in [1.29, 1.82) is 0 Å². The Morgan fingerprint density at radius 3 is 0.985 bits per heavy atom. The van der Waals surface area contributed by atoms with E-state index in [1.807, 2.05) is 44.2 Å². The Labute approximate surface area is 391 Å². The molecule has 14 aromatic rings. The molecule has 0 spiro atoms. The second-order valence-electron chi connectivity index (χ2n) is 17.1. The van der Waals surface area contributed by atoms with Crippen LogP contribution in [0.4, 0.5) is 0 Å². The van der Waals surface area contributed by atoms with Gasteiger partial charge in [-0.3, -0.25) is 14.1 Å². The zero-order valence-electron chi connectivity index (χ0n) is 37.5. The van der Waals surface area contributed by atoms with Crippen LogP contribution in [0.2, 0.25) is 0 Å². The summed E-state index contributed by atoms with van der Waals surface area (Å²) in [5.41, 5.74) is 11.9. The van der Waals surface area contributed by atoms with Crippen molar-refractivity contribution in [1.82, 2.24) is 33.2 Å². The van der Waals surface area contributed by atoms with Gasteiger partial charge in [-0.2, -0.15) is 0 Å². The fraction of sp³-hybridized carbons (Fsp3) is 0.0328. The quantitative estimate of drug-likeness (QED) is 0.162. The molecule has 0 amide bonds. The molecule has 14 rings (SSSR count). The van der Waals surface area contributed by atoms with E-state index in [1.54, 1.807) is 6.20 Å². The minimum absolute atomic E-state index is 0.550. The topological polar surface area (TPSA) is 58.4 Å². The molecule has 0 aliphatic heterocycles. The highest BCUT2D eigenvalue weighted by Gasteiger charge is 2.22. The molecule has 0 bridgehead atoms. The van der Waals surface area contributed by atoms with Gasteiger partial charge in [0.05, 0.1) is 44.1 Å². The molecule has 322 valence electrons. The van der Waals surface area contributed by atoms with Crippen molar-refractivity contribution in [3.05, 3.63) is 225 Å². The predicted molar refractivity (Wildman–Crippen MR) is 283 cm³/mol. The van der Waals surface area contributed by atoms with Gasteiger partial charge in [-0.15, -0.1) is 0 Å². The van der Waals surface area contributed by atoms with E-state index >= 15 is 0 Å². The van der Waals surface area contributed by atoms with Crippen LogP contribution in [-0.4, -0.2) is 33.2 Å². The summed E-state index contributed by atoms with van der Waals surface area (Å²) in [5.74, 6) is 2.07. The third-order valence-electron chi connectivity index (χ3n) is 13.4. The van der Waals surface area contributed by atoms with Crippen LogP contribution >= 0.6 is 0 Å². The molecule has 6 aromatic heterocycles. The van der Waals surface area contributed by atoms with Crippen LogP contribution in [-0.2, 0) is 0 Å². The summed E-state index contributed by atoms with van der Waals surface area (Å²) in [6.07, 6.45) is 5.80. The monoisotopic (exact) mass is 873 g/mol. The molecule has 0 aliphatic rings. The van der Waals surface area contributed by atoms with Crippen LogP contribution in [0, 0.1) is 0 Å². The Bertz CT molecular complexity index is 3940. The van der Waals surface area contributed by atoms with Crippen molar-refractivity contribution in [2.45, 2.75) is 13.8 Å². The molecule has 8 aromatic carbocycles. The van der Waals surface area contributed by atoms with E-state index in [2.05, 4.69) is 206 Å². The number of allylic oxidation sites excluding steroid dienone is 2. The highest BCUT2D eigenvalue weighted by molar-refractivity contribution is 6.14. The normalized spacial score (nSPS) is 11.9. The van der Waals surface area contributed by atoms with Crippen molar-refractivity contribution in [2.24, 2.45) is 0 Å². The summed E-state index contributed by atoms with van der Waals surface area (Å²) >= 11 is 0. The molecule has 0 radical (unpaired) electrons. The molecular formula is C61H43N7. The first-order valence-corrected chi connectivity index (χ1v) is 23.1. The Hall–Kier alpha value is -9.07. The fourth-order valence-corrected chi connectivity index (χ4v) is 10.4. The highest BCUT2D eigenvalue weighted by atomic mass is 15.2. The average Bonchev–Trinajstić information content (AvgIpc) is 4.13. The van der Waals surface area contributed by atoms with E-state index in [0.717, 1.165) is 66.6 Å². The van der Waals surface area contributed by atoms with Crippen LogP contribution in [0.15, 0.2) is 225 Å². The Morgan fingerprint density at radius 1 is 0.309 bits per heavy atom. The van der Waals surface area contributed by atoms with E-state index in [-0.39, 0.29) is 0 Å². The number of hydrogen-bond acceptors (Lipinski definition) is 3. The SMILES string of the molecule is C/C=C\C.c1ccc(-c2nc(-n3c4ccccc4c4cc(-n5c6ccccc6c6ccccc65)ccc43)cc(-n3c4ccccc4c4cc(-n5c6ccccc6c6ccccc65)ccc43)n2)nc1. The number of nitrogens with zero attached hydrogens (tertiary/aromatic N) is 7. The Kier molecular flexibility index (Phi) is 9.15. The number of benzene rings is 8. The summed E-state index contributed by atoms with van der Waals surface area (Å²) in [5, 5.41) is 9.54. The minimum Gasteiger partial charge on any atom is -0.309 e. The highest BCUT2D eigenvalue weighted by Crippen LogP contribution is 2.40. The van der Waals surface area contributed by atoms with Gasteiger partial charge < -0.3 is 9.13 Å². The van der Waals surface area contributed by atoms with Crippen molar-refractivity contribution in [3.63, 3.8) is 0 Å². The standard InChI is InChI=1S/C57H35N7.C4H8/c1-7-22-47-38(15-1)39-16-2-8-23-48(39)61(47)36-28-30-53-44(33-36)42-19-5-11-26-51(42)63(53)55-35-56(60-57(59-55)46-21-13-14-32-58-46)64-52-27-12-6-20-43(52)45-34-37(29-31-54(45)64)62-49-24-9-3-17-40(49)41-18-4-10-25-50(41)62;1-3-4-2/h1-35H;3-4H,1-2H3/b;4-3-. The lowest BCUT2D eigenvalue weighted by molar-refractivity contribution is 0.986. The zero-order chi connectivity index (χ0) is 45.3. The maximum Gasteiger partial charge on any atom is 0.182 e. The Balaban J connectivity index is 0.00000110. The van der Waals surface area contributed by atoms with Gasteiger partial charge in [-0.05, 0) is 98.8 Å². The van der Waals surface area contributed by atoms with Crippen molar-refractivity contribution < 1.29 is 0 Å². The van der Waals surface area contributed by atoms with Gasteiger partial charge in [0, 0.05) is 66.7 Å². The van der Waals surface area contributed by atoms with Crippen LogP contribution in [0.25, 0.3) is 122 Å². The molecule has 0 saturated carbocycles.